The first-order chi connectivity index (χ1) is 18.0. The van der Waals surface area contributed by atoms with Crippen LogP contribution in [-0.4, -0.2) is 46.5 Å². The fraction of sp³-hybridized carbons (Fsp3) is 0.286. The number of esters is 2. The SMILES string of the molecule is CCOC(=O)CCC(NC(=O)c1ccc(OCc2nc3ccccc3n3cccc23)cc1)C(=O)OCC. The van der Waals surface area contributed by atoms with Gasteiger partial charge in [0, 0.05) is 18.2 Å². The average molecular weight is 504 g/mol. The van der Waals surface area contributed by atoms with E-state index in [0.717, 1.165) is 22.2 Å². The molecule has 0 saturated carbocycles. The van der Waals surface area contributed by atoms with Crippen molar-refractivity contribution in [2.24, 2.45) is 0 Å². The zero-order valence-electron chi connectivity index (χ0n) is 20.8. The van der Waals surface area contributed by atoms with Gasteiger partial charge in [-0.3, -0.25) is 9.59 Å². The number of rotatable bonds is 11. The number of aromatic nitrogens is 2. The van der Waals surface area contributed by atoms with Crippen molar-refractivity contribution in [1.29, 1.82) is 0 Å². The average Bonchev–Trinajstić information content (AvgIpc) is 3.41. The van der Waals surface area contributed by atoms with Gasteiger partial charge in [0.05, 0.1) is 29.8 Å². The van der Waals surface area contributed by atoms with Gasteiger partial charge in [0.15, 0.2) is 0 Å². The van der Waals surface area contributed by atoms with Crippen LogP contribution in [0.25, 0.3) is 16.6 Å². The molecule has 2 heterocycles. The summed E-state index contributed by atoms with van der Waals surface area (Å²) in [5.41, 5.74) is 3.99. The molecule has 2 aromatic heterocycles. The number of hydrogen-bond acceptors (Lipinski definition) is 7. The quantitative estimate of drug-likeness (QED) is 0.307. The van der Waals surface area contributed by atoms with E-state index in [0.29, 0.717) is 11.3 Å². The van der Waals surface area contributed by atoms with Crippen molar-refractivity contribution in [3.8, 4) is 5.75 Å². The summed E-state index contributed by atoms with van der Waals surface area (Å²) in [6.07, 6.45) is 2.06. The van der Waals surface area contributed by atoms with Crippen LogP contribution >= 0.6 is 0 Å². The van der Waals surface area contributed by atoms with Gasteiger partial charge in [-0.15, -0.1) is 0 Å². The van der Waals surface area contributed by atoms with Gasteiger partial charge in [-0.2, -0.15) is 0 Å². The number of fused-ring (bicyclic) bond motifs is 3. The second-order valence-electron chi connectivity index (χ2n) is 8.25. The van der Waals surface area contributed by atoms with Crippen LogP contribution in [0.4, 0.5) is 0 Å². The van der Waals surface area contributed by atoms with Crippen LogP contribution in [0.2, 0.25) is 0 Å². The van der Waals surface area contributed by atoms with Crippen LogP contribution in [0.3, 0.4) is 0 Å². The van der Waals surface area contributed by atoms with E-state index in [1.807, 2.05) is 42.6 Å². The molecule has 0 saturated heterocycles. The van der Waals surface area contributed by atoms with Gasteiger partial charge in [0.1, 0.15) is 24.1 Å². The monoisotopic (exact) mass is 503 g/mol. The zero-order valence-corrected chi connectivity index (χ0v) is 20.8. The second kappa shape index (κ2) is 12.0. The van der Waals surface area contributed by atoms with Gasteiger partial charge >= 0.3 is 11.9 Å². The highest BCUT2D eigenvalue weighted by atomic mass is 16.5. The highest BCUT2D eigenvalue weighted by Gasteiger charge is 2.24. The summed E-state index contributed by atoms with van der Waals surface area (Å²) in [7, 11) is 0. The summed E-state index contributed by atoms with van der Waals surface area (Å²) in [6, 6.07) is 17.5. The van der Waals surface area contributed by atoms with E-state index in [2.05, 4.69) is 9.72 Å². The van der Waals surface area contributed by atoms with Crippen LogP contribution in [0.15, 0.2) is 66.9 Å². The molecule has 192 valence electrons. The van der Waals surface area contributed by atoms with Crippen molar-refractivity contribution in [3.63, 3.8) is 0 Å². The van der Waals surface area contributed by atoms with Crippen molar-refractivity contribution < 1.29 is 28.6 Å². The van der Waals surface area contributed by atoms with Crippen molar-refractivity contribution in [1.82, 2.24) is 14.7 Å². The molecule has 4 aromatic rings. The number of carbonyl (C=O) groups excluding carboxylic acids is 3. The molecular weight excluding hydrogens is 474 g/mol. The number of amides is 1. The molecule has 0 aliphatic carbocycles. The number of para-hydroxylation sites is 2. The molecule has 9 nitrogen and oxygen atoms in total. The summed E-state index contributed by atoms with van der Waals surface area (Å²) in [4.78, 5) is 41.5. The lowest BCUT2D eigenvalue weighted by atomic mass is 10.1. The summed E-state index contributed by atoms with van der Waals surface area (Å²) in [5.74, 6) is -0.925. The minimum absolute atomic E-state index is 0.0118. The molecule has 37 heavy (non-hydrogen) atoms. The van der Waals surface area contributed by atoms with Crippen LogP contribution in [0, 0.1) is 0 Å². The molecule has 1 amide bonds. The van der Waals surface area contributed by atoms with E-state index in [1.165, 1.54) is 0 Å². The van der Waals surface area contributed by atoms with Crippen molar-refractivity contribution in [2.45, 2.75) is 39.3 Å². The summed E-state index contributed by atoms with van der Waals surface area (Å²) >= 11 is 0. The van der Waals surface area contributed by atoms with E-state index in [-0.39, 0.29) is 32.7 Å². The lowest BCUT2D eigenvalue weighted by Gasteiger charge is -2.17. The Morgan fingerprint density at radius 2 is 1.65 bits per heavy atom. The van der Waals surface area contributed by atoms with E-state index < -0.39 is 23.9 Å². The highest BCUT2D eigenvalue weighted by molar-refractivity contribution is 5.97. The summed E-state index contributed by atoms with van der Waals surface area (Å²) in [5, 5.41) is 2.65. The maximum Gasteiger partial charge on any atom is 0.328 e. The van der Waals surface area contributed by atoms with Gasteiger partial charge in [-0.25, -0.2) is 9.78 Å². The molecule has 1 unspecified atom stereocenters. The van der Waals surface area contributed by atoms with Crippen LogP contribution in [-0.2, 0) is 25.7 Å². The molecule has 0 bridgehead atoms. The van der Waals surface area contributed by atoms with Crippen LogP contribution in [0.5, 0.6) is 5.75 Å². The zero-order chi connectivity index (χ0) is 26.2. The Labute approximate surface area is 214 Å². The van der Waals surface area contributed by atoms with E-state index in [1.54, 1.807) is 38.1 Å². The Balaban J connectivity index is 1.41. The van der Waals surface area contributed by atoms with Crippen LogP contribution < -0.4 is 10.1 Å². The lowest BCUT2D eigenvalue weighted by Crippen LogP contribution is -2.42. The van der Waals surface area contributed by atoms with Gasteiger partial charge in [-0.05, 0) is 68.8 Å². The number of nitrogens with one attached hydrogen (secondary N) is 1. The fourth-order valence-electron chi connectivity index (χ4n) is 3.98. The van der Waals surface area contributed by atoms with Gasteiger partial charge in [0.25, 0.3) is 5.91 Å². The molecule has 1 N–H and O–H groups in total. The largest absolute Gasteiger partial charge is 0.487 e. The van der Waals surface area contributed by atoms with E-state index in [4.69, 9.17) is 19.2 Å². The third-order valence-corrected chi connectivity index (χ3v) is 5.75. The fourth-order valence-corrected chi connectivity index (χ4v) is 3.98. The molecule has 9 heteroatoms. The summed E-state index contributed by atoms with van der Waals surface area (Å²) in [6.45, 7) is 4.04. The Morgan fingerprint density at radius 1 is 0.919 bits per heavy atom. The minimum atomic E-state index is -0.962. The van der Waals surface area contributed by atoms with Crippen LogP contribution in [0.1, 0.15) is 42.7 Å². The molecule has 4 rings (SSSR count). The maximum atomic E-state index is 12.8. The van der Waals surface area contributed by atoms with Gasteiger partial charge in [0.2, 0.25) is 0 Å². The third kappa shape index (κ3) is 6.24. The topological polar surface area (TPSA) is 108 Å². The molecule has 0 radical (unpaired) electrons. The number of benzene rings is 2. The number of nitrogens with zero attached hydrogens (tertiary/aromatic N) is 2. The standard InChI is InChI=1S/C28H29N3O6/c1-3-35-26(32)16-15-22(28(34)36-4-2)30-27(33)19-11-13-20(14-12-19)37-18-23-25-10-7-17-31(25)24-9-6-5-8-21(24)29-23/h5-14,17,22H,3-4,15-16,18H2,1-2H3,(H,30,33). The first-order valence-corrected chi connectivity index (χ1v) is 12.2. The minimum Gasteiger partial charge on any atom is -0.487 e. The molecule has 0 aliphatic rings. The van der Waals surface area contributed by atoms with E-state index in [9.17, 15) is 14.4 Å². The van der Waals surface area contributed by atoms with E-state index >= 15 is 0 Å². The Bertz CT molecular complexity index is 1400. The Morgan fingerprint density at radius 3 is 2.41 bits per heavy atom. The first kappa shape index (κ1) is 25.7. The lowest BCUT2D eigenvalue weighted by molar-refractivity contribution is -0.146. The number of carbonyl (C=O) groups is 3. The highest BCUT2D eigenvalue weighted by Crippen LogP contribution is 2.21. The second-order valence-corrected chi connectivity index (χ2v) is 8.25. The maximum absolute atomic E-state index is 12.8. The molecular formula is C28H29N3O6. The smallest absolute Gasteiger partial charge is 0.328 e. The molecule has 1 atom stereocenters. The van der Waals surface area contributed by atoms with Gasteiger partial charge in [-0.1, -0.05) is 12.1 Å². The van der Waals surface area contributed by atoms with Crippen molar-refractivity contribution in [3.05, 3.63) is 78.1 Å². The number of ether oxygens (including phenoxy) is 3. The summed E-state index contributed by atoms with van der Waals surface area (Å²) < 4.78 is 18.0. The predicted octanol–water partition coefficient (Wildman–Crippen LogP) is 4.07. The molecule has 0 aliphatic heterocycles. The number of hydrogen-bond donors (Lipinski definition) is 1. The normalized spacial score (nSPS) is 11.7. The predicted molar refractivity (Wildman–Crippen MR) is 137 cm³/mol. The Hall–Kier alpha value is -4.40. The molecule has 0 spiro atoms. The molecule has 2 aromatic carbocycles. The van der Waals surface area contributed by atoms with Crippen molar-refractivity contribution >= 4 is 34.4 Å². The first-order valence-electron chi connectivity index (χ1n) is 12.2. The molecule has 0 fully saturated rings. The third-order valence-electron chi connectivity index (χ3n) is 5.75. The Kier molecular flexibility index (Phi) is 8.35. The van der Waals surface area contributed by atoms with Crippen molar-refractivity contribution in [2.75, 3.05) is 13.2 Å². The van der Waals surface area contributed by atoms with Gasteiger partial charge < -0.3 is 23.9 Å².